The first kappa shape index (κ1) is 20.1. The molecule has 1 amide bonds. The van der Waals surface area contributed by atoms with Crippen molar-refractivity contribution < 1.29 is 17.6 Å². The molecular formula is C19H18FN3O3S2. The van der Waals surface area contributed by atoms with Crippen molar-refractivity contribution in [2.45, 2.75) is 17.7 Å². The number of benzene rings is 2. The summed E-state index contributed by atoms with van der Waals surface area (Å²) >= 11 is 1.28. The van der Waals surface area contributed by atoms with Gasteiger partial charge < -0.3 is 5.32 Å². The van der Waals surface area contributed by atoms with Gasteiger partial charge in [-0.2, -0.15) is 0 Å². The molecule has 0 unspecified atom stereocenters. The van der Waals surface area contributed by atoms with Gasteiger partial charge in [0.2, 0.25) is 15.9 Å². The minimum Gasteiger partial charge on any atom is -0.355 e. The summed E-state index contributed by atoms with van der Waals surface area (Å²) in [5.74, 6) is -0.508. The van der Waals surface area contributed by atoms with Crippen LogP contribution in [0.15, 0.2) is 59.6 Å². The zero-order valence-electron chi connectivity index (χ0n) is 14.8. The Labute approximate surface area is 166 Å². The molecule has 0 fully saturated rings. The number of carbonyl (C=O) groups excluding carboxylic acids is 1. The first-order valence-corrected chi connectivity index (χ1v) is 10.8. The summed E-state index contributed by atoms with van der Waals surface area (Å²) in [6, 6.07) is 12.6. The SMILES string of the molecule is NS(=O)(=O)c1ccc(CCNC(=O)Cc2cnc(-c3ccccc3F)s2)cc1. The molecule has 0 bridgehead atoms. The number of aromatic nitrogens is 1. The molecule has 0 atom stereocenters. The van der Waals surface area contributed by atoms with Crippen molar-refractivity contribution in [2.75, 3.05) is 6.54 Å². The summed E-state index contributed by atoms with van der Waals surface area (Å²) in [7, 11) is -3.71. The van der Waals surface area contributed by atoms with Gasteiger partial charge in [-0.15, -0.1) is 11.3 Å². The van der Waals surface area contributed by atoms with Gasteiger partial charge in [0.1, 0.15) is 10.8 Å². The van der Waals surface area contributed by atoms with Crippen molar-refractivity contribution in [2.24, 2.45) is 5.14 Å². The molecule has 0 saturated heterocycles. The Balaban J connectivity index is 1.51. The molecule has 28 heavy (non-hydrogen) atoms. The Morgan fingerprint density at radius 1 is 1.14 bits per heavy atom. The van der Waals surface area contributed by atoms with Crippen molar-refractivity contribution in [1.82, 2.24) is 10.3 Å². The Morgan fingerprint density at radius 2 is 1.86 bits per heavy atom. The van der Waals surface area contributed by atoms with E-state index >= 15 is 0 Å². The van der Waals surface area contributed by atoms with Gasteiger partial charge in [0.25, 0.3) is 0 Å². The van der Waals surface area contributed by atoms with Gasteiger partial charge in [-0.05, 0) is 36.2 Å². The molecule has 1 heterocycles. The van der Waals surface area contributed by atoms with Crippen LogP contribution < -0.4 is 10.5 Å². The quantitative estimate of drug-likeness (QED) is 0.614. The van der Waals surface area contributed by atoms with Gasteiger partial charge >= 0.3 is 0 Å². The first-order chi connectivity index (χ1) is 13.3. The Bertz CT molecular complexity index is 1080. The number of amides is 1. The fraction of sp³-hybridized carbons (Fsp3) is 0.158. The average molecular weight is 420 g/mol. The number of nitrogens with two attached hydrogens (primary N) is 1. The molecular weight excluding hydrogens is 401 g/mol. The highest BCUT2D eigenvalue weighted by Crippen LogP contribution is 2.27. The van der Waals surface area contributed by atoms with E-state index in [0.717, 1.165) is 10.4 Å². The van der Waals surface area contributed by atoms with E-state index in [1.54, 1.807) is 36.5 Å². The van der Waals surface area contributed by atoms with E-state index in [2.05, 4.69) is 10.3 Å². The lowest BCUT2D eigenvalue weighted by atomic mass is 10.1. The smallest absolute Gasteiger partial charge is 0.238 e. The van der Waals surface area contributed by atoms with E-state index in [9.17, 15) is 17.6 Å². The molecule has 0 saturated carbocycles. The maximum absolute atomic E-state index is 13.8. The standard InChI is InChI=1S/C19H18FN3O3S2/c20-17-4-2-1-3-16(17)19-23-12-14(27-19)11-18(24)22-10-9-13-5-7-15(8-6-13)28(21,25)26/h1-8,12H,9-11H2,(H,22,24)(H2,21,25,26). The zero-order chi connectivity index (χ0) is 20.1. The van der Waals surface area contributed by atoms with Crippen molar-refractivity contribution in [3.63, 3.8) is 0 Å². The summed E-state index contributed by atoms with van der Waals surface area (Å²) in [4.78, 5) is 17.1. The second-order valence-electron chi connectivity index (χ2n) is 6.08. The summed E-state index contributed by atoms with van der Waals surface area (Å²) in [6.07, 6.45) is 2.30. The molecule has 3 N–H and O–H groups in total. The fourth-order valence-corrected chi connectivity index (χ4v) is 4.01. The van der Waals surface area contributed by atoms with Crippen LogP contribution in [0.25, 0.3) is 10.6 Å². The van der Waals surface area contributed by atoms with Crippen LogP contribution in [-0.2, 0) is 27.7 Å². The fourth-order valence-electron chi connectivity index (χ4n) is 2.56. The molecule has 0 aliphatic heterocycles. The van der Waals surface area contributed by atoms with Gasteiger partial charge in [-0.25, -0.2) is 22.9 Å². The number of nitrogens with one attached hydrogen (secondary N) is 1. The number of halogens is 1. The molecule has 0 spiro atoms. The van der Waals surface area contributed by atoms with Crippen LogP contribution >= 0.6 is 11.3 Å². The largest absolute Gasteiger partial charge is 0.355 e. The van der Waals surface area contributed by atoms with Gasteiger partial charge in [0.15, 0.2) is 0 Å². The second kappa shape index (κ2) is 8.59. The molecule has 1 aromatic heterocycles. The Kier molecular flexibility index (Phi) is 6.18. The minimum atomic E-state index is -3.71. The molecule has 0 aliphatic carbocycles. The summed E-state index contributed by atoms with van der Waals surface area (Å²) in [5.41, 5.74) is 1.30. The maximum Gasteiger partial charge on any atom is 0.238 e. The third-order valence-electron chi connectivity index (χ3n) is 3.98. The molecule has 2 aromatic carbocycles. The Hall–Kier alpha value is -2.62. The number of carbonyl (C=O) groups is 1. The summed E-state index contributed by atoms with van der Waals surface area (Å²) in [6.45, 7) is 0.409. The van der Waals surface area contributed by atoms with Gasteiger partial charge in [0, 0.05) is 23.2 Å². The molecule has 3 rings (SSSR count). The van der Waals surface area contributed by atoms with Crippen LogP contribution in [0.4, 0.5) is 4.39 Å². The van der Waals surface area contributed by atoms with E-state index in [4.69, 9.17) is 5.14 Å². The first-order valence-electron chi connectivity index (χ1n) is 8.41. The molecule has 9 heteroatoms. The highest BCUT2D eigenvalue weighted by Gasteiger charge is 2.12. The topological polar surface area (TPSA) is 102 Å². The van der Waals surface area contributed by atoms with Crippen molar-refractivity contribution >= 4 is 27.3 Å². The average Bonchev–Trinajstić information content (AvgIpc) is 3.10. The summed E-state index contributed by atoms with van der Waals surface area (Å²) in [5, 5.41) is 8.40. The molecule has 3 aromatic rings. The normalized spacial score (nSPS) is 11.4. The van der Waals surface area contributed by atoms with Crippen molar-refractivity contribution in [3.8, 4) is 10.6 Å². The highest BCUT2D eigenvalue weighted by atomic mass is 32.2. The lowest BCUT2D eigenvalue weighted by Crippen LogP contribution is -2.26. The lowest BCUT2D eigenvalue weighted by Gasteiger charge is -2.05. The van der Waals surface area contributed by atoms with E-state index in [-0.39, 0.29) is 23.0 Å². The van der Waals surface area contributed by atoms with Crippen LogP contribution in [0.2, 0.25) is 0 Å². The number of hydrogen-bond donors (Lipinski definition) is 2. The van der Waals surface area contributed by atoms with E-state index in [1.165, 1.54) is 29.5 Å². The van der Waals surface area contributed by atoms with Crippen molar-refractivity contribution in [1.29, 1.82) is 0 Å². The van der Waals surface area contributed by atoms with Crippen LogP contribution in [0.3, 0.4) is 0 Å². The van der Waals surface area contributed by atoms with E-state index in [0.29, 0.717) is 23.5 Å². The molecule has 0 radical (unpaired) electrons. The number of thiazole rings is 1. The third kappa shape index (κ3) is 5.22. The third-order valence-corrected chi connectivity index (χ3v) is 5.94. The van der Waals surface area contributed by atoms with Crippen molar-refractivity contribution in [3.05, 3.63) is 71.0 Å². The van der Waals surface area contributed by atoms with Crippen LogP contribution in [0, 0.1) is 5.82 Å². The molecule has 6 nitrogen and oxygen atoms in total. The van der Waals surface area contributed by atoms with E-state index < -0.39 is 10.0 Å². The minimum absolute atomic E-state index is 0.0520. The second-order valence-corrected chi connectivity index (χ2v) is 8.75. The molecule has 146 valence electrons. The Morgan fingerprint density at radius 3 is 2.54 bits per heavy atom. The van der Waals surface area contributed by atoms with Crippen LogP contribution in [0.5, 0.6) is 0 Å². The monoisotopic (exact) mass is 419 g/mol. The summed E-state index contributed by atoms with van der Waals surface area (Å²) < 4.78 is 36.3. The van der Waals surface area contributed by atoms with Gasteiger partial charge in [0.05, 0.1) is 11.3 Å². The number of nitrogens with zero attached hydrogens (tertiary/aromatic N) is 1. The predicted molar refractivity (Wildman–Crippen MR) is 106 cm³/mol. The van der Waals surface area contributed by atoms with Crippen LogP contribution in [0.1, 0.15) is 10.4 Å². The van der Waals surface area contributed by atoms with Gasteiger partial charge in [-0.1, -0.05) is 24.3 Å². The maximum atomic E-state index is 13.8. The number of sulfonamides is 1. The van der Waals surface area contributed by atoms with E-state index in [1.807, 2.05) is 0 Å². The lowest BCUT2D eigenvalue weighted by molar-refractivity contribution is -0.120. The van der Waals surface area contributed by atoms with Crippen LogP contribution in [-0.4, -0.2) is 25.9 Å². The number of hydrogen-bond acceptors (Lipinski definition) is 5. The van der Waals surface area contributed by atoms with Gasteiger partial charge in [-0.3, -0.25) is 4.79 Å². The highest BCUT2D eigenvalue weighted by molar-refractivity contribution is 7.89. The zero-order valence-corrected chi connectivity index (χ0v) is 16.4. The number of rotatable bonds is 7. The number of primary sulfonamides is 1. The predicted octanol–water partition coefficient (Wildman–Crippen LogP) is 2.50. The molecule has 0 aliphatic rings.